The summed E-state index contributed by atoms with van der Waals surface area (Å²) >= 11 is 0. The number of carbonyl (C=O) groups is 1. The molecule has 0 radical (unpaired) electrons. The van der Waals surface area contributed by atoms with Gasteiger partial charge in [0.15, 0.2) is 15.7 Å². The van der Waals surface area contributed by atoms with Crippen LogP contribution in [0.4, 0.5) is 0 Å². The highest BCUT2D eigenvalue weighted by molar-refractivity contribution is 7.91. The highest BCUT2D eigenvalue weighted by atomic mass is 32.2. The molecule has 0 bridgehead atoms. The zero-order valence-electron chi connectivity index (χ0n) is 12.1. The Morgan fingerprint density at radius 3 is 2.86 bits per heavy atom. The van der Waals surface area contributed by atoms with Crippen LogP contribution < -0.4 is 5.32 Å². The first-order chi connectivity index (χ1) is 10.5. The third-order valence-corrected chi connectivity index (χ3v) is 5.46. The maximum atomic E-state index is 12.3. The minimum atomic E-state index is -3.02. The van der Waals surface area contributed by atoms with Gasteiger partial charge in [-0.15, -0.1) is 0 Å². The molecule has 116 valence electrons. The lowest BCUT2D eigenvalue weighted by molar-refractivity contribution is 0.0940. The first-order valence-electron chi connectivity index (χ1n) is 6.93. The van der Waals surface area contributed by atoms with Gasteiger partial charge in [-0.05, 0) is 25.5 Å². The predicted octanol–water partition coefficient (Wildman–Crippen LogP) is 0.493. The monoisotopic (exact) mass is 320 g/mol. The second-order valence-electron chi connectivity index (χ2n) is 5.32. The third-order valence-electron chi connectivity index (χ3n) is 3.69. The van der Waals surface area contributed by atoms with Gasteiger partial charge in [0, 0.05) is 12.2 Å². The van der Waals surface area contributed by atoms with E-state index in [0.29, 0.717) is 23.5 Å². The summed E-state index contributed by atoms with van der Waals surface area (Å²) in [6.07, 6.45) is 3.59. The Kier molecular flexibility index (Phi) is 3.69. The molecule has 1 fully saturated rings. The number of sulfone groups is 1. The molecule has 3 rings (SSSR count). The zero-order chi connectivity index (χ0) is 15.7. The molecule has 1 aliphatic heterocycles. The lowest BCUT2D eigenvalue weighted by Gasteiger charge is -2.10. The van der Waals surface area contributed by atoms with Crippen molar-refractivity contribution >= 4 is 15.7 Å². The van der Waals surface area contributed by atoms with E-state index in [1.54, 1.807) is 29.9 Å². The Labute approximate surface area is 128 Å². The highest BCUT2D eigenvalue weighted by Gasteiger charge is 2.29. The number of hydrogen-bond acceptors (Lipinski definition) is 5. The van der Waals surface area contributed by atoms with Crippen molar-refractivity contribution in [1.29, 1.82) is 0 Å². The molecule has 2 aromatic heterocycles. The molecular weight excluding hydrogens is 304 g/mol. The van der Waals surface area contributed by atoms with Crippen LogP contribution in [0.2, 0.25) is 0 Å². The van der Waals surface area contributed by atoms with Crippen LogP contribution in [0.15, 0.2) is 30.6 Å². The summed E-state index contributed by atoms with van der Waals surface area (Å²) in [5.74, 6) is 0.459. The number of rotatable bonds is 3. The SMILES string of the molecule is Cc1c(C(=O)N[C@H]2CCS(=O)(=O)C2)cnn1-c1ccccn1. The van der Waals surface area contributed by atoms with Crippen LogP contribution >= 0.6 is 0 Å². The van der Waals surface area contributed by atoms with Gasteiger partial charge >= 0.3 is 0 Å². The van der Waals surface area contributed by atoms with Gasteiger partial charge in [-0.2, -0.15) is 5.10 Å². The molecule has 0 aromatic carbocycles. The van der Waals surface area contributed by atoms with Crippen LogP contribution in [-0.4, -0.2) is 46.6 Å². The maximum Gasteiger partial charge on any atom is 0.255 e. The molecule has 2 aromatic rings. The molecule has 22 heavy (non-hydrogen) atoms. The minimum absolute atomic E-state index is 0.00612. The molecule has 0 aliphatic carbocycles. The van der Waals surface area contributed by atoms with Crippen molar-refractivity contribution in [1.82, 2.24) is 20.1 Å². The molecule has 1 N–H and O–H groups in total. The van der Waals surface area contributed by atoms with Gasteiger partial charge in [-0.1, -0.05) is 6.07 Å². The van der Waals surface area contributed by atoms with Crippen molar-refractivity contribution in [3.05, 3.63) is 41.9 Å². The van der Waals surface area contributed by atoms with E-state index < -0.39 is 9.84 Å². The number of pyridine rings is 1. The number of amides is 1. The van der Waals surface area contributed by atoms with E-state index >= 15 is 0 Å². The largest absolute Gasteiger partial charge is 0.348 e. The summed E-state index contributed by atoms with van der Waals surface area (Å²) in [6, 6.07) is 5.11. The summed E-state index contributed by atoms with van der Waals surface area (Å²) in [5.41, 5.74) is 1.09. The fraction of sp³-hybridized carbons (Fsp3) is 0.357. The standard InChI is InChI=1S/C14H16N4O3S/c1-10-12(8-16-18(10)13-4-2-3-6-15-13)14(19)17-11-5-7-22(20,21)9-11/h2-4,6,8,11H,5,7,9H2,1H3,(H,17,19)/t11-/m0/s1. The molecule has 0 saturated carbocycles. The molecule has 1 aliphatic rings. The fourth-order valence-corrected chi connectivity index (χ4v) is 4.19. The molecule has 1 saturated heterocycles. The zero-order valence-corrected chi connectivity index (χ0v) is 12.9. The van der Waals surface area contributed by atoms with E-state index in [-0.39, 0.29) is 23.5 Å². The molecule has 1 atom stereocenters. The molecule has 3 heterocycles. The average Bonchev–Trinajstić information content (AvgIpc) is 3.02. The Balaban J connectivity index is 1.78. The second kappa shape index (κ2) is 5.53. The van der Waals surface area contributed by atoms with Crippen molar-refractivity contribution in [2.45, 2.75) is 19.4 Å². The van der Waals surface area contributed by atoms with Crippen molar-refractivity contribution in [2.24, 2.45) is 0 Å². The van der Waals surface area contributed by atoms with Crippen molar-refractivity contribution in [2.75, 3.05) is 11.5 Å². The van der Waals surface area contributed by atoms with Crippen molar-refractivity contribution in [3.63, 3.8) is 0 Å². The van der Waals surface area contributed by atoms with E-state index in [9.17, 15) is 13.2 Å². The van der Waals surface area contributed by atoms with Crippen LogP contribution in [0.1, 0.15) is 22.5 Å². The summed E-state index contributed by atoms with van der Waals surface area (Å²) in [4.78, 5) is 16.5. The quantitative estimate of drug-likeness (QED) is 0.888. The van der Waals surface area contributed by atoms with Crippen molar-refractivity contribution < 1.29 is 13.2 Å². The molecule has 1 amide bonds. The molecule has 7 nitrogen and oxygen atoms in total. The average molecular weight is 320 g/mol. The van der Waals surface area contributed by atoms with Gasteiger partial charge in [-0.25, -0.2) is 18.1 Å². The maximum absolute atomic E-state index is 12.3. The van der Waals surface area contributed by atoms with Gasteiger partial charge in [0.25, 0.3) is 5.91 Å². The number of nitrogens with one attached hydrogen (secondary N) is 1. The summed E-state index contributed by atoms with van der Waals surface area (Å²) in [6.45, 7) is 1.78. The molecule has 8 heteroatoms. The van der Waals surface area contributed by atoms with E-state index in [1.165, 1.54) is 6.20 Å². The first kappa shape index (κ1) is 14.7. The van der Waals surface area contributed by atoms with Gasteiger partial charge in [0.05, 0.1) is 29.0 Å². The van der Waals surface area contributed by atoms with E-state index in [1.807, 2.05) is 6.07 Å². The Hall–Kier alpha value is -2.22. The topological polar surface area (TPSA) is 94.0 Å². The van der Waals surface area contributed by atoms with Crippen LogP contribution in [0.25, 0.3) is 5.82 Å². The predicted molar refractivity (Wildman–Crippen MR) is 80.6 cm³/mol. The van der Waals surface area contributed by atoms with E-state index in [2.05, 4.69) is 15.4 Å². The van der Waals surface area contributed by atoms with E-state index in [4.69, 9.17) is 0 Å². The summed E-state index contributed by atoms with van der Waals surface area (Å²) in [7, 11) is -3.02. The van der Waals surface area contributed by atoms with Gasteiger partial charge in [-0.3, -0.25) is 4.79 Å². The summed E-state index contributed by atoms with van der Waals surface area (Å²) < 4.78 is 24.5. The Bertz CT molecular complexity index is 799. The Morgan fingerprint density at radius 2 is 2.23 bits per heavy atom. The third kappa shape index (κ3) is 2.87. The normalized spacial score (nSPS) is 20.0. The highest BCUT2D eigenvalue weighted by Crippen LogP contribution is 2.15. The van der Waals surface area contributed by atoms with Crippen LogP contribution in [0.3, 0.4) is 0 Å². The van der Waals surface area contributed by atoms with Gasteiger partial charge in [0.2, 0.25) is 0 Å². The number of nitrogens with zero attached hydrogens (tertiary/aromatic N) is 3. The lowest BCUT2D eigenvalue weighted by atomic mass is 10.2. The molecule has 0 spiro atoms. The van der Waals surface area contributed by atoms with E-state index in [0.717, 1.165) is 0 Å². The van der Waals surface area contributed by atoms with Crippen LogP contribution in [0.5, 0.6) is 0 Å². The van der Waals surface area contributed by atoms with Crippen LogP contribution in [-0.2, 0) is 9.84 Å². The van der Waals surface area contributed by atoms with Gasteiger partial charge in [0.1, 0.15) is 0 Å². The first-order valence-corrected chi connectivity index (χ1v) is 8.76. The number of carbonyl (C=O) groups excluding carboxylic acids is 1. The minimum Gasteiger partial charge on any atom is -0.348 e. The van der Waals surface area contributed by atoms with Crippen LogP contribution in [0, 0.1) is 6.92 Å². The summed E-state index contributed by atoms with van der Waals surface area (Å²) in [5, 5.41) is 6.95. The second-order valence-corrected chi connectivity index (χ2v) is 7.55. The number of aromatic nitrogens is 3. The number of hydrogen-bond donors (Lipinski definition) is 1. The molecular formula is C14H16N4O3S. The lowest BCUT2D eigenvalue weighted by Crippen LogP contribution is -2.35. The molecule has 0 unspecified atom stereocenters. The van der Waals surface area contributed by atoms with Gasteiger partial charge < -0.3 is 5.32 Å². The van der Waals surface area contributed by atoms with Crippen molar-refractivity contribution in [3.8, 4) is 5.82 Å². The fourth-order valence-electron chi connectivity index (χ4n) is 2.51. The smallest absolute Gasteiger partial charge is 0.255 e. The Morgan fingerprint density at radius 1 is 1.41 bits per heavy atom.